The zero-order chi connectivity index (χ0) is 15.1. The number of nitrogens with one attached hydrogen (secondary N) is 1. The molecule has 1 rings (SSSR count). The molecule has 0 bridgehead atoms. The molecule has 1 amide bonds. The maximum atomic E-state index is 11.9. The van der Waals surface area contributed by atoms with Crippen molar-refractivity contribution in [2.75, 3.05) is 26.2 Å². The van der Waals surface area contributed by atoms with Crippen molar-refractivity contribution >= 4 is 11.6 Å². The standard InChI is InChI=1S/C12H21N5O3/c1-4-15(5-2)7-6-13-12(18)10(3)16-9-11(8-14-16)17(19)20/h8-10H,4-7H2,1-3H3,(H,13,18). The number of likely N-dealkylation sites (N-methyl/N-ethyl adjacent to an activating group) is 1. The van der Waals surface area contributed by atoms with Gasteiger partial charge < -0.3 is 10.2 Å². The van der Waals surface area contributed by atoms with E-state index in [0.717, 1.165) is 25.8 Å². The molecule has 1 unspecified atom stereocenters. The molecule has 0 aliphatic carbocycles. The molecule has 0 saturated carbocycles. The SMILES string of the molecule is CCN(CC)CCNC(=O)C(C)n1cc([N+](=O)[O-])cn1. The number of amides is 1. The van der Waals surface area contributed by atoms with Gasteiger partial charge in [0.15, 0.2) is 0 Å². The third-order valence-electron chi connectivity index (χ3n) is 3.20. The van der Waals surface area contributed by atoms with Crippen molar-refractivity contribution in [3.8, 4) is 0 Å². The second kappa shape index (κ2) is 7.59. The van der Waals surface area contributed by atoms with Crippen LogP contribution in [0.2, 0.25) is 0 Å². The Labute approximate surface area is 117 Å². The predicted molar refractivity (Wildman–Crippen MR) is 74.4 cm³/mol. The Kier molecular flexibility index (Phi) is 6.10. The number of carbonyl (C=O) groups is 1. The van der Waals surface area contributed by atoms with Crippen LogP contribution in [0.25, 0.3) is 0 Å². The lowest BCUT2D eigenvalue weighted by Crippen LogP contribution is -2.37. The van der Waals surface area contributed by atoms with E-state index in [1.165, 1.54) is 10.9 Å². The van der Waals surface area contributed by atoms with Crippen molar-refractivity contribution in [3.63, 3.8) is 0 Å². The molecular weight excluding hydrogens is 262 g/mol. The zero-order valence-electron chi connectivity index (χ0n) is 12.1. The molecule has 0 saturated heterocycles. The maximum Gasteiger partial charge on any atom is 0.307 e. The molecule has 0 aromatic carbocycles. The van der Waals surface area contributed by atoms with Gasteiger partial charge >= 0.3 is 5.69 Å². The van der Waals surface area contributed by atoms with Gasteiger partial charge in [-0.2, -0.15) is 5.10 Å². The van der Waals surface area contributed by atoms with Crippen LogP contribution in [0, 0.1) is 10.1 Å². The Balaban J connectivity index is 2.47. The van der Waals surface area contributed by atoms with Gasteiger partial charge in [0.2, 0.25) is 5.91 Å². The van der Waals surface area contributed by atoms with Gasteiger partial charge in [0, 0.05) is 13.1 Å². The highest BCUT2D eigenvalue weighted by molar-refractivity contribution is 5.79. The lowest BCUT2D eigenvalue weighted by Gasteiger charge is -2.19. The van der Waals surface area contributed by atoms with Gasteiger partial charge in [0.1, 0.15) is 18.4 Å². The van der Waals surface area contributed by atoms with Crippen LogP contribution in [0.3, 0.4) is 0 Å². The molecule has 0 spiro atoms. The molecule has 1 atom stereocenters. The first kappa shape index (κ1) is 16.1. The summed E-state index contributed by atoms with van der Waals surface area (Å²) in [7, 11) is 0. The number of carbonyl (C=O) groups excluding carboxylic acids is 1. The van der Waals surface area contributed by atoms with Crippen molar-refractivity contribution in [3.05, 3.63) is 22.5 Å². The second-order valence-electron chi connectivity index (χ2n) is 4.43. The first-order chi connectivity index (χ1) is 9.49. The van der Waals surface area contributed by atoms with Gasteiger partial charge in [-0.1, -0.05) is 13.8 Å². The van der Waals surface area contributed by atoms with Crippen LogP contribution >= 0.6 is 0 Å². The Morgan fingerprint density at radius 2 is 2.20 bits per heavy atom. The molecule has 0 aliphatic heterocycles. The van der Waals surface area contributed by atoms with Crippen molar-refractivity contribution in [1.82, 2.24) is 20.0 Å². The van der Waals surface area contributed by atoms with Crippen LogP contribution in [-0.2, 0) is 4.79 Å². The normalized spacial score (nSPS) is 12.4. The summed E-state index contributed by atoms with van der Waals surface area (Å²) in [6, 6.07) is -0.569. The van der Waals surface area contributed by atoms with E-state index in [4.69, 9.17) is 0 Å². The molecule has 1 N–H and O–H groups in total. The van der Waals surface area contributed by atoms with Crippen molar-refractivity contribution in [1.29, 1.82) is 0 Å². The quantitative estimate of drug-likeness (QED) is 0.563. The average Bonchev–Trinajstić information content (AvgIpc) is 2.92. The summed E-state index contributed by atoms with van der Waals surface area (Å²) in [6.45, 7) is 9.00. The molecule has 20 heavy (non-hydrogen) atoms. The number of rotatable bonds is 8. The highest BCUT2D eigenvalue weighted by Crippen LogP contribution is 2.12. The average molecular weight is 283 g/mol. The van der Waals surface area contributed by atoms with Crippen LogP contribution < -0.4 is 5.32 Å². The number of nitro groups is 1. The number of hydrogen-bond donors (Lipinski definition) is 1. The fraction of sp³-hybridized carbons (Fsp3) is 0.667. The van der Waals surface area contributed by atoms with Gasteiger partial charge in [-0.3, -0.25) is 19.6 Å². The molecule has 8 heteroatoms. The van der Waals surface area contributed by atoms with Crippen LogP contribution in [0.15, 0.2) is 12.4 Å². The third-order valence-corrected chi connectivity index (χ3v) is 3.20. The minimum atomic E-state index is -0.569. The fourth-order valence-electron chi connectivity index (χ4n) is 1.78. The summed E-state index contributed by atoms with van der Waals surface area (Å²) in [5, 5.41) is 17.2. The summed E-state index contributed by atoms with van der Waals surface area (Å²) < 4.78 is 1.30. The molecule has 1 aromatic rings. The van der Waals surface area contributed by atoms with Gasteiger partial charge in [-0.15, -0.1) is 0 Å². The van der Waals surface area contributed by atoms with Crippen LogP contribution in [-0.4, -0.2) is 51.7 Å². The molecule has 1 heterocycles. The van der Waals surface area contributed by atoms with Gasteiger partial charge in [0.25, 0.3) is 0 Å². The molecule has 112 valence electrons. The number of aromatic nitrogens is 2. The van der Waals surface area contributed by atoms with Crippen LogP contribution in [0.4, 0.5) is 5.69 Å². The Morgan fingerprint density at radius 3 is 2.70 bits per heavy atom. The molecule has 8 nitrogen and oxygen atoms in total. The highest BCUT2D eigenvalue weighted by atomic mass is 16.6. The first-order valence-corrected chi connectivity index (χ1v) is 6.68. The minimum absolute atomic E-state index is 0.118. The summed E-state index contributed by atoms with van der Waals surface area (Å²) >= 11 is 0. The smallest absolute Gasteiger partial charge is 0.307 e. The third kappa shape index (κ3) is 4.30. The van der Waals surface area contributed by atoms with E-state index in [1.54, 1.807) is 6.92 Å². The van der Waals surface area contributed by atoms with E-state index in [0.29, 0.717) is 6.54 Å². The topological polar surface area (TPSA) is 93.3 Å². The fourth-order valence-corrected chi connectivity index (χ4v) is 1.78. The van der Waals surface area contributed by atoms with E-state index >= 15 is 0 Å². The molecule has 0 radical (unpaired) electrons. The van der Waals surface area contributed by atoms with Crippen molar-refractivity contribution in [2.24, 2.45) is 0 Å². The van der Waals surface area contributed by atoms with E-state index in [2.05, 4.69) is 29.2 Å². The maximum absolute atomic E-state index is 11.9. The van der Waals surface area contributed by atoms with Crippen LogP contribution in [0.5, 0.6) is 0 Å². The van der Waals surface area contributed by atoms with Gasteiger partial charge in [-0.25, -0.2) is 0 Å². The highest BCUT2D eigenvalue weighted by Gasteiger charge is 2.18. The molecule has 0 aliphatic rings. The number of hydrogen-bond acceptors (Lipinski definition) is 5. The second-order valence-corrected chi connectivity index (χ2v) is 4.43. The Bertz CT molecular complexity index is 456. The lowest BCUT2D eigenvalue weighted by atomic mass is 10.3. The largest absolute Gasteiger partial charge is 0.353 e. The summed E-state index contributed by atoms with van der Waals surface area (Å²) in [5.41, 5.74) is -0.118. The Hall–Kier alpha value is -1.96. The minimum Gasteiger partial charge on any atom is -0.353 e. The number of nitrogens with zero attached hydrogens (tertiary/aromatic N) is 4. The Morgan fingerprint density at radius 1 is 1.55 bits per heavy atom. The summed E-state index contributed by atoms with van der Waals surface area (Å²) in [6.07, 6.45) is 2.40. The van der Waals surface area contributed by atoms with E-state index in [-0.39, 0.29) is 11.6 Å². The predicted octanol–water partition coefficient (Wildman–Crippen LogP) is 0.810. The van der Waals surface area contributed by atoms with Crippen LogP contribution in [0.1, 0.15) is 26.8 Å². The van der Waals surface area contributed by atoms with Crippen molar-refractivity contribution in [2.45, 2.75) is 26.8 Å². The first-order valence-electron chi connectivity index (χ1n) is 6.68. The summed E-state index contributed by atoms with van der Waals surface area (Å²) in [4.78, 5) is 24.2. The monoisotopic (exact) mass is 283 g/mol. The molecule has 0 fully saturated rings. The van der Waals surface area contributed by atoms with E-state index < -0.39 is 11.0 Å². The van der Waals surface area contributed by atoms with Crippen molar-refractivity contribution < 1.29 is 9.72 Å². The van der Waals surface area contributed by atoms with E-state index in [1.807, 2.05) is 0 Å². The van der Waals surface area contributed by atoms with E-state index in [9.17, 15) is 14.9 Å². The molecule has 1 aromatic heterocycles. The molecular formula is C12H21N5O3. The zero-order valence-corrected chi connectivity index (χ0v) is 12.1. The van der Waals surface area contributed by atoms with Gasteiger partial charge in [0.05, 0.1) is 4.92 Å². The summed E-state index contributed by atoms with van der Waals surface area (Å²) in [5.74, 6) is -0.199. The van der Waals surface area contributed by atoms with Gasteiger partial charge in [-0.05, 0) is 20.0 Å². The lowest BCUT2D eigenvalue weighted by molar-refractivity contribution is -0.385.